The molecule has 0 unspecified atom stereocenters. The van der Waals surface area contributed by atoms with Gasteiger partial charge in [0.05, 0.1) is 7.11 Å². The molecule has 2 amide bonds. The molecule has 0 N–H and O–H groups in total. The lowest BCUT2D eigenvalue weighted by molar-refractivity contribution is -0.134. The molecular weight excluding hydrogens is 408 g/mol. The second-order valence-electron chi connectivity index (χ2n) is 7.84. The summed E-state index contributed by atoms with van der Waals surface area (Å²) in [5.41, 5.74) is 1.72. The van der Waals surface area contributed by atoms with Crippen molar-refractivity contribution in [3.63, 3.8) is 0 Å². The summed E-state index contributed by atoms with van der Waals surface area (Å²) >= 11 is 0. The minimum Gasteiger partial charge on any atom is -0.493 e. The van der Waals surface area contributed by atoms with Crippen molar-refractivity contribution in [2.45, 2.75) is 26.2 Å². The summed E-state index contributed by atoms with van der Waals surface area (Å²) < 4.78 is 10.9. The molecule has 0 aromatic heterocycles. The predicted octanol–water partition coefficient (Wildman–Crippen LogP) is 3.11. The van der Waals surface area contributed by atoms with Crippen LogP contribution in [0.2, 0.25) is 0 Å². The van der Waals surface area contributed by atoms with E-state index in [1.807, 2.05) is 31.2 Å². The van der Waals surface area contributed by atoms with Crippen LogP contribution in [-0.2, 0) is 9.59 Å². The van der Waals surface area contributed by atoms with Crippen LogP contribution in [0.25, 0.3) is 0 Å². The Bertz CT molecular complexity index is 942. The second kappa shape index (κ2) is 11.3. The van der Waals surface area contributed by atoms with Crippen LogP contribution in [0.5, 0.6) is 11.5 Å². The van der Waals surface area contributed by atoms with Crippen molar-refractivity contribution in [1.82, 2.24) is 9.80 Å². The van der Waals surface area contributed by atoms with Crippen LogP contribution in [0.4, 0.5) is 0 Å². The number of ketones is 1. The van der Waals surface area contributed by atoms with E-state index in [0.29, 0.717) is 49.7 Å². The van der Waals surface area contributed by atoms with Gasteiger partial charge in [-0.2, -0.15) is 0 Å². The Morgan fingerprint density at radius 2 is 1.44 bits per heavy atom. The minimum atomic E-state index is -0.125. The van der Waals surface area contributed by atoms with Crippen LogP contribution >= 0.6 is 0 Å². The molecule has 0 atom stereocenters. The van der Waals surface area contributed by atoms with Crippen LogP contribution in [0.1, 0.15) is 35.2 Å². The number of Topliss-reactive ketones (excluding diaryl/α,β-unsaturated/α-hetero) is 1. The fourth-order valence-corrected chi connectivity index (χ4v) is 3.65. The number of carbonyl (C=O) groups excluding carboxylic acids is 3. The van der Waals surface area contributed by atoms with Crippen LogP contribution in [-0.4, -0.2) is 67.3 Å². The van der Waals surface area contributed by atoms with Crippen molar-refractivity contribution in [3.8, 4) is 11.5 Å². The SMILES string of the molecule is COc1ccccc1OCC(=O)N1CCCN(C(=O)CCC(=O)c2ccc(C)cc2)CC1. The van der Waals surface area contributed by atoms with Gasteiger partial charge in [-0.05, 0) is 25.5 Å². The van der Waals surface area contributed by atoms with Crippen molar-refractivity contribution in [3.05, 3.63) is 59.7 Å². The molecule has 7 heteroatoms. The molecule has 170 valence electrons. The lowest BCUT2D eigenvalue weighted by Gasteiger charge is -2.22. The van der Waals surface area contributed by atoms with Gasteiger partial charge in [-0.3, -0.25) is 14.4 Å². The molecule has 2 aromatic rings. The van der Waals surface area contributed by atoms with Gasteiger partial charge in [0.25, 0.3) is 5.91 Å². The molecule has 1 aliphatic rings. The zero-order valence-electron chi connectivity index (χ0n) is 18.7. The van der Waals surface area contributed by atoms with Gasteiger partial charge >= 0.3 is 0 Å². The first-order valence-corrected chi connectivity index (χ1v) is 10.9. The number of methoxy groups -OCH3 is 1. The Morgan fingerprint density at radius 3 is 2.09 bits per heavy atom. The standard InChI is InChI=1S/C25H30N2O5/c1-19-8-10-20(11-9-19)21(28)12-13-24(29)26-14-5-15-27(17-16-26)25(30)18-32-23-7-4-3-6-22(23)31-2/h3-4,6-11H,5,12-18H2,1-2H3. The molecule has 1 saturated heterocycles. The molecule has 1 heterocycles. The van der Waals surface area contributed by atoms with Crippen LogP contribution < -0.4 is 9.47 Å². The van der Waals surface area contributed by atoms with E-state index in [2.05, 4.69) is 0 Å². The number of rotatable bonds is 8. The Labute approximate surface area is 188 Å². The van der Waals surface area contributed by atoms with Gasteiger partial charge in [0.15, 0.2) is 23.9 Å². The monoisotopic (exact) mass is 438 g/mol. The van der Waals surface area contributed by atoms with E-state index in [1.165, 1.54) is 0 Å². The predicted molar refractivity (Wildman–Crippen MR) is 121 cm³/mol. The van der Waals surface area contributed by atoms with Crippen molar-refractivity contribution < 1.29 is 23.9 Å². The van der Waals surface area contributed by atoms with Gasteiger partial charge in [-0.25, -0.2) is 0 Å². The summed E-state index contributed by atoms with van der Waals surface area (Å²) in [7, 11) is 1.55. The number of hydrogen-bond acceptors (Lipinski definition) is 5. The summed E-state index contributed by atoms with van der Waals surface area (Å²) in [6.45, 7) is 3.94. The molecule has 1 fully saturated rings. The fourth-order valence-electron chi connectivity index (χ4n) is 3.65. The van der Waals surface area contributed by atoms with Crippen molar-refractivity contribution in [1.29, 1.82) is 0 Å². The molecule has 0 bridgehead atoms. The van der Waals surface area contributed by atoms with Crippen LogP contribution in [0, 0.1) is 6.92 Å². The molecule has 0 aliphatic carbocycles. The molecule has 0 saturated carbocycles. The highest BCUT2D eigenvalue weighted by molar-refractivity contribution is 5.98. The van der Waals surface area contributed by atoms with Crippen molar-refractivity contribution in [2.75, 3.05) is 39.9 Å². The summed E-state index contributed by atoms with van der Waals surface area (Å²) in [5.74, 6) is 0.893. The topological polar surface area (TPSA) is 76.2 Å². The highest BCUT2D eigenvalue weighted by Crippen LogP contribution is 2.25. The third kappa shape index (κ3) is 6.33. The summed E-state index contributed by atoms with van der Waals surface area (Å²) in [4.78, 5) is 41.0. The maximum atomic E-state index is 12.6. The van der Waals surface area contributed by atoms with Gasteiger partial charge in [-0.1, -0.05) is 42.0 Å². The van der Waals surface area contributed by atoms with Gasteiger partial charge in [0, 0.05) is 44.6 Å². The largest absolute Gasteiger partial charge is 0.493 e. The third-order valence-corrected chi connectivity index (χ3v) is 5.56. The van der Waals surface area contributed by atoms with E-state index in [4.69, 9.17) is 9.47 Å². The van der Waals surface area contributed by atoms with E-state index in [9.17, 15) is 14.4 Å². The molecule has 2 aromatic carbocycles. The smallest absolute Gasteiger partial charge is 0.260 e. The second-order valence-corrected chi connectivity index (χ2v) is 7.84. The molecule has 32 heavy (non-hydrogen) atoms. The molecule has 1 aliphatic heterocycles. The number of amides is 2. The first-order valence-electron chi connectivity index (χ1n) is 10.9. The zero-order valence-corrected chi connectivity index (χ0v) is 18.7. The number of para-hydroxylation sites is 2. The van der Waals surface area contributed by atoms with Gasteiger partial charge in [0.2, 0.25) is 5.91 Å². The lowest BCUT2D eigenvalue weighted by Crippen LogP contribution is -2.39. The molecule has 0 spiro atoms. The summed E-state index contributed by atoms with van der Waals surface area (Å²) in [6.07, 6.45) is 1.06. The normalized spacial score (nSPS) is 13.9. The van der Waals surface area contributed by atoms with E-state index in [0.717, 1.165) is 5.56 Å². The summed E-state index contributed by atoms with van der Waals surface area (Å²) in [6, 6.07) is 14.6. The van der Waals surface area contributed by atoms with Gasteiger partial charge < -0.3 is 19.3 Å². The molecule has 7 nitrogen and oxygen atoms in total. The van der Waals surface area contributed by atoms with E-state index in [1.54, 1.807) is 41.2 Å². The van der Waals surface area contributed by atoms with Crippen molar-refractivity contribution >= 4 is 17.6 Å². The van der Waals surface area contributed by atoms with Gasteiger partial charge in [0.1, 0.15) is 0 Å². The number of aryl methyl sites for hydroxylation is 1. The van der Waals surface area contributed by atoms with E-state index < -0.39 is 0 Å². The number of carbonyl (C=O) groups is 3. The maximum absolute atomic E-state index is 12.6. The van der Waals surface area contributed by atoms with Gasteiger partial charge in [-0.15, -0.1) is 0 Å². The number of nitrogens with zero attached hydrogens (tertiary/aromatic N) is 2. The fraction of sp³-hybridized carbons (Fsp3) is 0.400. The van der Waals surface area contributed by atoms with Crippen LogP contribution in [0.15, 0.2) is 48.5 Å². The molecule has 0 radical (unpaired) electrons. The highest BCUT2D eigenvalue weighted by Gasteiger charge is 2.23. The first kappa shape index (κ1) is 23.3. The van der Waals surface area contributed by atoms with E-state index in [-0.39, 0.29) is 37.0 Å². The Balaban J connectivity index is 1.45. The molecular formula is C25H30N2O5. The highest BCUT2D eigenvalue weighted by atomic mass is 16.5. The Morgan fingerprint density at radius 1 is 0.812 bits per heavy atom. The Kier molecular flexibility index (Phi) is 8.25. The number of ether oxygens (including phenoxy) is 2. The average Bonchev–Trinajstić information content (AvgIpc) is 3.08. The molecule has 3 rings (SSSR count). The minimum absolute atomic E-state index is 0.0292. The maximum Gasteiger partial charge on any atom is 0.260 e. The average molecular weight is 439 g/mol. The van der Waals surface area contributed by atoms with Crippen LogP contribution in [0.3, 0.4) is 0 Å². The lowest BCUT2D eigenvalue weighted by atomic mass is 10.0. The zero-order chi connectivity index (χ0) is 22.9. The quantitative estimate of drug-likeness (QED) is 0.592. The first-order chi connectivity index (χ1) is 15.5. The Hall–Kier alpha value is -3.35. The third-order valence-electron chi connectivity index (χ3n) is 5.56. The number of hydrogen-bond donors (Lipinski definition) is 0. The number of benzene rings is 2. The van der Waals surface area contributed by atoms with E-state index >= 15 is 0 Å². The summed E-state index contributed by atoms with van der Waals surface area (Å²) in [5, 5.41) is 0. The van der Waals surface area contributed by atoms with Crippen molar-refractivity contribution in [2.24, 2.45) is 0 Å².